The van der Waals surface area contributed by atoms with Crippen molar-refractivity contribution < 1.29 is 4.74 Å². The van der Waals surface area contributed by atoms with Crippen LogP contribution in [-0.4, -0.2) is 44.8 Å². The van der Waals surface area contributed by atoms with Crippen molar-refractivity contribution in [2.24, 2.45) is 5.92 Å². The highest BCUT2D eigenvalue weighted by Gasteiger charge is 2.28. The molecule has 0 spiro atoms. The summed E-state index contributed by atoms with van der Waals surface area (Å²) < 4.78 is 7.95. The van der Waals surface area contributed by atoms with Crippen LogP contribution in [0.4, 0.5) is 11.8 Å². The van der Waals surface area contributed by atoms with Crippen LogP contribution in [0, 0.1) is 5.92 Å². The Hall–Kier alpha value is -2.15. The maximum atomic E-state index is 5.93. The third kappa shape index (κ3) is 4.44. The second kappa shape index (κ2) is 8.10. The van der Waals surface area contributed by atoms with E-state index in [-0.39, 0.29) is 6.10 Å². The molecule has 0 radical (unpaired) electrons. The summed E-state index contributed by atoms with van der Waals surface area (Å²) in [5, 5.41) is 6.78. The molecule has 1 fully saturated rings. The number of nitrogens with zero attached hydrogens (tertiary/aromatic N) is 4. The minimum absolute atomic E-state index is 0.228. The summed E-state index contributed by atoms with van der Waals surface area (Å²) >= 11 is 0. The second-order valence-corrected chi connectivity index (χ2v) is 6.47. The quantitative estimate of drug-likeness (QED) is 0.812. The lowest BCUT2D eigenvalue weighted by Gasteiger charge is -2.35. The van der Waals surface area contributed by atoms with E-state index in [1.165, 1.54) is 0 Å². The fraction of sp³-hybridized carbons (Fsp3) is 0.588. The fourth-order valence-electron chi connectivity index (χ4n) is 3.04. The van der Waals surface area contributed by atoms with Crippen LogP contribution in [0.5, 0.6) is 0 Å². The van der Waals surface area contributed by atoms with Gasteiger partial charge in [0.2, 0.25) is 5.95 Å². The molecule has 2 N–H and O–H groups in total. The maximum Gasteiger partial charge on any atom is 0.224 e. The fourth-order valence-corrected chi connectivity index (χ4v) is 3.04. The molecular weight excluding hydrogens is 304 g/mol. The molecule has 0 unspecified atom stereocenters. The van der Waals surface area contributed by atoms with E-state index < -0.39 is 0 Å². The van der Waals surface area contributed by atoms with Crippen molar-refractivity contribution in [2.45, 2.75) is 45.4 Å². The zero-order valence-electron chi connectivity index (χ0n) is 14.4. The van der Waals surface area contributed by atoms with E-state index in [9.17, 15) is 0 Å². The molecule has 7 heteroatoms. The number of nitrogens with one attached hydrogen (secondary N) is 2. The Morgan fingerprint density at radius 3 is 3.08 bits per heavy atom. The lowest BCUT2D eigenvalue weighted by atomic mass is 9.94. The van der Waals surface area contributed by atoms with E-state index >= 15 is 0 Å². The zero-order chi connectivity index (χ0) is 16.8. The minimum atomic E-state index is 0.228. The van der Waals surface area contributed by atoms with Crippen molar-refractivity contribution in [3.63, 3.8) is 0 Å². The van der Waals surface area contributed by atoms with Crippen molar-refractivity contribution in [1.82, 2.24) is 19.5 Å². The molecule has 0 aliphatic carbocycles. The van der Waals surface area contributed by atoms with Crippen molar-refractivity contribution in [2.75, 3.05) is 23.8 Å². The predicted octanol–water partition coefficient (Wildman–Crippen LogP) is 2.40. The first kappa shape index (κ1) is 16.7. The second-order valence-electron chi connectivity index (χ2n) is 6.47. The first-order chi connectivity index (χ1) is 11.7. The Labute approximate surface area is 142 Å². The Bertz CT molecular complexity index is 615. The molecule has 130 valence electrons. The van der Waals surface area contributed by atoms with Gasteiger partial charge < -0.3 is 19.9 Å². The van der Waals surface area contributed by atoms with Gasteiger partial charge in [-0.3, -0.25) is 0 Å². The summed E-state index contributed by atoms with van der Waals surface area (Å²) in [6, 6.07) is 2.21. The summed E-state index contributed by atoms with van der Waals surface area (Å²) in [6.45, 7) is 6.83. The largest absolute Gasteiger partial charge is 0.376 e. The van der Waals surface area contributed by atoms with Gasteiger partial charge >= 0.3 is 0 Å². The highest BCUT2D eigenvalue weighted by atomic mass is 16.5. The molecule has 0 amide bonds. The van der Waals surface area contributed by atoms with Crippen LogP contribution in [0.15, 0.2) is 31.0 Å². The highest BCUT2D eigenvalue weighted by Crippen LogP contribution is 2.23. The van der Waals surface area contributed by atoms with Crippen molar-refractivity contribution in [3.8, 4) is 0 Å². The van der Waals surface area contributed by atoms with Gasteiger partial charge in [-0.25, -0.2) is 9.97 Å². The van der Waals surface area contributed by atoms with Crippen molar-refractivity contribution >= 4 is 11.8 Å². The summed E-state index contributed by atoms with van der Waals surface area (Å²) in [4.78, 5) is 12.9. The Morgan fingerprint density at radius 2 is 2.29 bits per heavy atom. The smallest absolute Gasteiger partial charge is 0.224 e. The average molecular weight is 330 g/mol. The lowest BCUT2D eigenvalue weighted by Crippen LogP contribution is -2.43. The van der Waals surface area contributed by atoms with Gasteiger partial charge in [-0.2, -0.15) is 4.98 Å². The number of anilines is 2. The third-order valence-corrected chi connectivity index (χ3v) is 4.22. The molecule has 1 saturated heterocycles. The number of hydrogen-bond donors (Lipinski definition) is 2. The normalized spacial score (nSPS) is 21.0. The summed E-state index contributed by atoms with van der Waals surface area (Å²) in [7, 11) is 0. The van der Waals surface area contributed by atoms with Gasteiger partial charge in [0.1, 0.15) is 5.82 Å². The molecule has 24 heavy (non-hydrogen) atoms. The van der Waals surface area contributed by atoms with E-state index in [0.717, 1.165) is 38.4 Å². The Balaban J connectivity index is 1.56. The number of imidazole rings is 1. The van der Waals surface area contributed by atoms with Gasteiger partial charge in [0.05, 0.1) is 18.5 Å². The van der Waals surface area contributed by atoms with Gasteiger partial charge in [0, 0.05) is 38.3 Å². The number of hydrogen-bond acceptors (Lipinski definition) is 6. The van der Waals surface area contributed by atoms with Gasteiger partial charge in [0.25, 0.3) is 0 Å². The van der Waals surface area contributed by atoms with Gasteiger partial charge in [-0.15, -0.1) is 0 Å². The monoisotopic (exact) mass is 330 g/mol. The summed E-state index contributed by atoms with van der Waals surface area (Å²) in [5.74, 6) is 1.96. The third-order valence-electron chi connectivity index (χ3n) is 4.22. The predicted molar refractivity (Wildman–Crippen MR) is 94.0 cm³/mol. The molecule has 7 nitrogen and oxygen atoms in total. The van der Waals surface area contributed by atoms with E-state index in [4.69, 9.17) is 4.74 Å². The van der Waals surface area contributed by atoms with Crippen molar-refractivity contribution in [3.05, 3.63) is 31.0 Å². The van der Waals surface area contributed by atoms with Gasteiger partial charge in [0.15, 0.2) is 0 Å². The maximum absolute atomic E-state index is 5.93. The molecular formula is C17H26N6O. The van der Waals surface area contributed by atoms with Gasteiger partial charge in [-0.05, 0) is 24.8 Å². The molecule has 0 aromatic carbocycles. The molecule has 2 aromatic heterocycles. The van der Waals surface area contributed by atoms with Crippen LogP contribution < -0.4 is 10.6 Å². The van der Waals surface area contributed by atoms with E-state index in [1.807, 2.05) is 16.8 Å². The standard InChI is InChI=1S/C17H26N6O/c1-13(2)16-14(4-3-11-24-16)21-15-5-6-19-17(22-15)20-8-10-23-9-7-18-12-23/h5-7,9,12-14,16H,3-4,8,10-11H2,1-2H3,(H2,19,20,21,22)/t14-,16-/m1/s1. The molecule has 3 rings (SSSR count). The van der Waals surface area contributed by atoms with Crippen LogP contribution >= 0.6 is 0 Å². The molecule has 0 bridgehead atoms. The molecule has 2 aromatic rings. The van der Waals surface area contributed by atoms with E-state index in [2.05, 4.69) is 39.4 Å². The molecule has 1 aliphatic heterocycles. The number of aromatic nitrogens is 4. The molecule has 0 saturated carbocycles. The number of ether oxygens (including phenoxy) is 1. The SMILES string of the molecule is CC(C)[C@H]1OCCC[C@H]1Nc1ccnc(NCCn2ccnc2)n1. The highest BCUT2D eigenvalue weighted by molar-refractivity contribution is 5.40. The minimum Gasteiger partial charge on any atom is -0.376 e. The van der Waals surface area contributed by atoms with Crippen LogP contribution in [0.1, 0.15) is 26.7 Å². The topological polar surface area (TPSA) is 76.9 Å². The molecule has 3 heterocycles. The number of rotatable bonds is 7. The van der Waals surface area contributed by atoms with Gasteiger partial charge in [-0.1, -0.05) is 13.8 Å². The van der Waals surface area contributed by atoms with Crippen molar-refractivity contribution in [1.29, 1.82) is 0 Å². The van der Waals surface area contributed by atoms with Crippen LogP contribution in [0.3, 0.4) is 0 Å². The molecule has 1 aliphatic rings. The zero-order valence-corrected chi connectivity index (χ0v) is 14.4. The Morgan fingerprint density at radius 1 is 1.38 bits per heavy atom. The summed E-state index contributed by atoms with van der Waals surface area (Å²) in [6.07, 6.45) is 9.72. The molecule has 2 atom stereocenters. The summed E-state index contributed by atoms with van der Waals surface area (Å²) in [5.41, 5.74) is 0. The average Bonchev–Trinajstić information content (AvgIpc) is 3.09. The van der Waals surface area contributed by atoms with Crippen LogP contribution in [0.25, 0.3) is 0 Å². The first-order valence-corrected chi connectivity index (χ1v) is 8.63. The van der Waals surface area contributed by atoms with Crippen LogP contribution in [0.2, 0.25) is 0 Å². The van der Waals surface area contributed by atoms with E-state index in [0.29, 0.717) is 17.9 Å². The first-order valence-electron chi connectivity index (χ1n) is 8.63. The Kier molecular flexibility index (Phi) is 5.63. The van der Waals surface area contributed by atoms with E-state index in [1.54, 1.807) is 18.7 Å². The van der Waals surface area contributed by atoms with Crippen LogP contribution in [-0.2, 0) is 11.3 Å². The lowest BCUT2D eigenvalue weighted by molar-refractivity contribution is -0.0203.